The van der Waals surface area contributed by atoms with Crippen LogP contribution in [-0.2, 0) is 23.6 Å². The highest BCUT2D eigenvalue weighted by molar-refractivity contribution is 7.89. The van der Waals surface area contributed by atoms with Crippen LogP contribution in [-0.4, -0.2) is 29.9 Å². The summed E-state index contributed by atoms with van der Waals surface area (Å²) in [6.07, 6.45) is 4.64. The van der Waals surface area contributed by atoms with E-state index >= 15 is 0 Å². The van der Waals surface area contributed by atoms with Crippen molar-refractivity contribution in [1.82, 2.24) is 8.87 Å². The summed E-state index contributed by atoms with van der Waals surface area (Å²) in [7, 11) is -1.55. The van der Waals surface area contributed by atoms with Crippen LogP contribution in [0.25, 0.3) is 0 Å². The first-order valence-electron chi connectivity index (χ1n) is 6.34. The van der Waals surface area contributed by atoms with Crippen LogP contribution in [0.1, 0.15) is 31.9 Å². The van der Waals surface area contributed by atoms with Gasteiger partial charge < -0.3 is 10.3 Å². The maximum absolute atomic E-state index is 12.6. The summed E-state index contributed by atoms with van der Waals surface area (Å²) in [5, 5.41) is 0. The van der Waals surface area contributed by atoms with Crippen LogP contribution in [0.4, 0.5) is 0 Å². The molecule has 0 radical (unpaired) electrons. The lowest BCUT2D eigenvalue weighted by Crippen LogP contribution is -2.41. The predicted molar refractivity (Wildman–Crippen MR) is 70.5 cm³/mol. The lowest BCUT2D eigenvalue weighted by atomic mass is 10.1. The Morgan fingerprint density at radius 2 is 2.17 bits per heavy atom. The van der Waals surface area contributed by atoms with Gasteiger partial charge in [-0.05, 0) is 25.8 Å². The average molecular weight is 271 g/mol. The van der Waals surface area contributed by atoms with Crippen molar-refractivity contribution in [1.29, 1.82) is 0 Å². The van der Waals surface area contributed by atoms with E-state index in [9.17, 15) is 8.42 Å². The van der Waals surface area contributed by atoms with Crippen molar-refractivity contribution in [3.8, 4) is 0 Å². The SMILES string of the molecule is CC1CCCCN1S(=O)(=O)c1cc(CN)n(C)c1. The lowest BCUT2D eigenvalue weighted by Gasteiger charge is -2.31. The molecule has 0 saturated carbocycles. The van der Waals surface area contributed by atoms with Crippen LogP contribution in [0.2, 0.25) is 0 Å². The number of sulfonamides is 1. The van der Waals surface area contributed by atoms with Crippen molar-refractivity contribution in [3.05, 3.63) is 18.0 Å². The van der Waals surface area contributed by atoms with Gasteiger partial charge in [-0.2, -0.15) is 4.31 Å². The normalized spacial score (nSPS) is 22.3. The molecular formula is C12H21N3O2S. The molecule has 1 fully saturated rings. The van der Waals surface area contributed by atoms with Crippen molar-refractivity contribution < 1.29 is 8.42 Å². The average Bonchev–Trinajstić information content (AvgIpc) is 2.71. The van der Waals surface area contributed by atoms with Crippen LogP contribution in [0.5, 0.6) is 0 Å². The Bertz CT molecular complexity index is 521. The number of hydrogen-bond donors (Lipinski definition) is 1. The molecule has 0 amide bonds. The topological polar surface area (TPSA) is 68.3 Å². The summed E-state index contributed by atoms with van der Waals surface area (Å²) in [6, 6.07) is 1.77. The predicted octanol–water partition coefficient (Wildman–Crippen LogP) is 1.05. The largest absolute Gasteiger partial charge is 0.352 e. The zero-order valence-electron chi connectivity index (χ0n) is 11.0. The van der Waals surface area contributed by atoms with E-state index in [-0.39, 0.29) is 6.04 Å². The van der Waals surface area contributed by atoms with Crippen molar-refractivity contribution in [2.75, 3.05) is 6.54 Å². The minimum absolute atomic E-state index is 0.0882. The number of aromatic nitrogens is 1. The highest BCUT2D eigenvalue weighted by Gasteiger charge is 2.31. The second-order valence-corrected chi connectivity index (χ2v) is 6.83. The molecule has 102 valence electrons. The van der Waals surface area contributed by atoms with Gasteiger partial charge >= 0.3 is 0 Å². The van der Waals surface area contributed by atoms with Gasteiger partial charge in [-0.25, -0.2) is 8.42 Å². The minimum Gasteiger partial charge on any atom is -0.352 e. The molecule has 2 N–H and O–H groups in total. The molecule has 0 bridgehead atoms. The van der Waals surface area contributed by atoms with Crippen molar-refractivity contribution in [2.45, 2.75) is 43.7 Å². The summed E-state index contributed by atoms with van der Waals surface area (Å²) in [6.45, 7) is 2.95. The fourth-order valence-electron chi connectivity index (χ4n) is 2.49. The third kappa shape index (κ3) is 2.32. The van der Waals surface area contributed by atoms with E-state index in [1.807, 2.05) is 14.0 Å². The number of rotatable bonds is 3. The van der Waals surface area contributed by atoms with Crippen molar-refractivity contribution in [2.24, 2.45) is 12.8 Å². The Morgan fingerprint density at radius 3 is 2.72 bits per heavy atom. The Hall–Kier alpha value is -0.850. The lowest BCUT2D eigenvalue weighted by molar-refractivity contribution is 0.268. The summed E-state index contributed by atoms with van der Waals surface area (Å²) in [5.41, 5.74) is 6.42. The summed E-state index contributed by atoms with van der Waals surface area (Å²) >= 11 is 0. The quantitative estimate of drug-likeness (QED) is 0.893. The fraction of sp³-hybridized carbons (Fsp3) is 0.667. The summed E-state index contributed by atoms with van der Waals surface area (Å²) in [4.78, 5) is 0.360. The number of hydrogen-bond acceptors (Lipinski definition) is 3. The zero-order chi connectivity index (χ0) is 13.3. The molecule has 1 atom stereocenters. The monoisotopic (exact) mass is 271 g/mol. The highest BCUT2D eigenvalue weighted by Crippen LogP contribution is 2.25. The van der Waals surface area contributed by atoms with Gasteiger partial charge in [0.1, 0.15) is 4.90 Å². The van der Waals surface area contributed by atoms with E-state index in [1.165, 1.54) is 0 Å². The Labute approximate surface area is 109 Å². The number of nitrogens with zero attached hydrogens (tertiary/aromatic N) is 2. The van der Waals surface area contributed by atoms with E-state index in [2.05, 4.69) is 0 Å². The third-order valence-corrected chi connectivity index (χ3v) is 5.62. The molecule has 1 aromatic rings. The van der Waals surface area contributed by atoms with Crippen LogP contribution in [0, 0.1) is 0 Å². The third-order valence-electron chi connectivity index (χ3n) is 3.64. The highest BCUT2D eigenvalue weighted by atomic mass is 32.2. The molecular weight excluding hydrogens is 250 g/mol. The molecule has 6 heteroatoms. The summed E-state index contributed by atoms with van der Waals surface area (Å²) < 4.78 is 28.5. The Morgan fingerprint density at radius 1 is 1.44 bits per heavy atom. The van der Waals surface area contributed by atoms with Crippen molar-refractivity contribution >= 4 is 10.0 Å². The molecule has 2 rings (SSSR count). The molecule has 1 aliphatic rings. The zero-order valence-corrected chi connectivity index (χ0v) is 11.8. The van der Waals surface area contributed by atoms with E-state index in [4.69, 9.17) is 5.73 Å². The standard InChI is InChI=1S/C12H21N3O2S/c1-10-5-3-4-6-15(10)18(16,17)12-7-11(8-13)14(2)9-12/h7,9-10H,3-6,8,13H2,1-2H3. The molecule has 1 aliphatic heterocycles. The van der Waals surface area contributed by atoms with Crippen LogP contribution in [0.15, 0.2) is 17.2 Å². The Balaban J connectivity index is 2.34. The molecule has 2 heterocycles. The summed E-state index contributed by atoms with van der Waals surface area (Å²) in [5.74, 6) is 0. The molecule has 0 aliphatic carbocycles. The van der Waals surface area contributed by atoms with Gasteiger partial charge in [-0.15, -0.1) is 0 Å². The maximum atomic E-state index is 12.6. The first-order valence-corrected chi connectivity index (χ1v) is 7.78. The smallest absolute Gasteiger partial charge is 0.244 e. The number of piperidine rings is 1. The van der Waals surface area contributed by atoms with Gasteiger partial charge in [0.2, 0.25) is 10.0 Å². The van der Waals surface area contributed by atoms with Gasteiger partial charge in [0.25, 0.3) is 0 Å². The van der Waals surface area contributed by atoms with E-state index < -0.39 is 10.0 Å². The molecule has 0 spiro atoms. The van der Waals surface area contributed by atoms with E-state index in [1.54, 1.807) is 21.1 Å². The van der Waals surface area contributed by atoms with E-state index in [0.717, 1.165) is 25.0 Å². The van der Waals surface area contributed by atoms with Crippen LogP contribution >= 0.6 is 0 Å². The second-order valence-electron chi connectivity index (χ2n) is 4.94. The molecule has 0 aromatic carbocycles. The van der Waals surface area contributed by atoms with Crippen LogP contribution in [0.3, 0.4) is 0 Å². The maximum Gasteiger partial charge on any atom is 0.244 e. The fourth-order valence-corrected chi connectivity index (χ4v) is 4.28. The number of nitrogens with two attached hydrogens (primary N) is 1. The second kappa shape index (κ2) is 5.03. The van der Waals surface area contributed by atoms with Gasteiger partial charge in [-0.1, -0.05) is 6.42 Å². The van der Waals surface area contributed by atoms with E-state index in [0.29, 0.717) is 18.0 Å². The van der Waals surface area contributed by atoms with Crippen molar-refractivity contribution in [3.63, 3.8) is 0 Å². The first kappa shape index (κ1) is 13.6. The molecule has 1 unspecified atom stereocenters. The first-order chi connectivity index (χ1) is 8.46. The molecule has 5 nitrogen and oxygen atoms in total. The van der Waals surface area contributed by atoms with Gasteiger partial charge in [0.15, 0.2) is 0 Å². The van der Waals surface area contributed by atoms with Crippen LogP contribution < -0.4 is 5.73 Å². The molecule has 1 aromatic heterocycles. The van der Waals surface area contributed by atoms with Gasteiger partial charge in [0, 0.05) is 38.1 Å². The molecule has 1 saturated heterocycles. The number of aryl methyl sites for hydroxylation is 1. The minimum atomic E-state index is -3.37. The van der Waals surface area contributed by atoms with Gasteiger partial charge in [0.05, 0.1) is 0 Å². The molecule has 18 heavy (non-hydrogen) atoms. The Kier molecular flexibility index (Phi) is 3.79. The van der Waals surface area contributed by atoms with Gasteiger partial charge in [-0.3, -0.25) is 0 Å².